The van der Waals surface area contributed by atoms with Gasteiger partial charge in [-0.3, -0.25) is 9.59 Å². The summed E-state index contributed by atoms with van der Waals surface area (Å²) in [6, 6.07) is 0. The molecule has 0 rings (SSSR count). The lowest BCUT2D eigenvalue weighted by atomic mass is 10.1. The molecule has 0 fully saturated rings. The maximum Gasteiger partial charge on any atom is 0.313 e. The summed E-state index contributed by atoms with van der Waals surface area (Å²) in [6.07, 6.45) is 18.8. The first-order valence-corrected chi connectivity index (χ1v) is 10.8. The molecule has 25 heavy (non-hydrogen) atoms. The minimum atomic E-state index is -0.853. The number of aliphatic carboxylic acids is 2. The van der Waals surface area contributed by atoms with Crippen LogP contribution in [0.1, 0.15) is 90.4 Å². The van der Waals surface area contributed by atoms with E-state index in [4.69, 9.17) is 10.2 Å². The van der Waals surface area contributed by atoms with E-state index in [1.165, 1.54) is 69.5 Å². The minimum Gasteiger partial charge on any atom is -0.481 e. The lowest BCUT2D eigenvalue weighted by molar-refractivity contribution is -0.137. The van der Waals surface area contributed by atoms with Gasteiger partial charge in [0.15, 0.2) is 0 Å². The van der Waals surface area contributed by atoms with Gasteiger partial charge in [0.1, 0.15) is 0 Å². The van der Waals surface area contributed by atoms with E-state index < -0.39 is 11.9 Å². The molecule has 0 amide bonds. The molecule has 0 aliphatic carbocycles. The minimum absolute atomic E-state index is 0.0182. The average molecular weight is 373 g/mol. The van der Waals surface area contributed by atoms with Crippen LogP contribution in [-0.2, 0) is 9.59 Å². The third-order valence-electron chi connectivity index (χ3n) is 4.14. The fraction of sp³-hybridized carbons (Fsp3) is 0.800. The van der Waals surface area contributed by atoms with Crippen molar-refractivity contribution in [3.63, 3.8) is 0 Å². The summed E-state index contributed by atoms with van der Waals surface area (Å²) in [5.41, 5.74) is 0. The molecule has 0 bridgehead atoms. The van der Waals surface area contributed by atoms with Gasteiger partial charge in [-0.1, -0.05) is 76.9 Å². The van der Waals surface area contributed by atoms with Crippen molar-refractivity contribution >= 4 is 23.7 Å². The van der Waals surface area contributed by atoms with Gasteiger partial charge in [-0.15, -0.1) is 11.8 Å². The van der Waals surface area contributed by atoms with Gasteiger partial charge in [-0.05, 0) is 19.3 Å². The molecule has 2 N–H and O–H groups in total. The SMILES string of the molecule is CCCCCCCCCCCC/C=C\C(CCC(=O)O)SCC(=O)O. The Morgan fingerprint density at radius 3 is 1.96 bits per heavy atom. The van der Waals surface area contributed by atoms with Crippen LogP contribution in [0, 0.1) is 0 Å². The summed E-state index contributed by atoms with van der Waals surface area (Å²) < 4.78 is 0. The Kier molecular flexibility index (Phi) is 17.1. The van der Waals surface area contributed by atoms with Gasteiger partial charge in [-0.2, -0.15) is 0 Å². The van der Waals surface area contributed by atoms with Crippen LogP contribution in [0.15, 0.2) is 12.2 Å². The zero-order chi connectivity index (χ0) is 18.8. The van der Waals surface area contributed by atoms with Gasteiger partial charge in [0, 0.05) is 11.7 Å². The summed E-state index contributed by atoms with van der Waals surface area (Å²) in [6.45, 7) is 2.24. The van der Waals surface area contributed by atoms with Gasteiger partial charge in [0.2, 0.25) is 0 Å². The molecule has 0 aromatic heterocycles. The predicted molar refractivity (Wildman–Crippen MR) is 106 cm³/mol. The maximum absolute atomic E-state index is 10.7. The molecule has 0 radical (unpaired) electrons. The van der Waals surface area contributed by atoms with E-state index in [1.807, 2.05) is 6.08 Å². The van der Waals surface area contributed by atoms with Gasteiger partial charge < -0.3 is 10.2 Å². The van der Waals surface area contributed by atoms with Crippen LogP contribution in [0.3, 0.4) is 0 Å². The van der Waals surface area contributed by atoms with Crippen molar-refractivity contribution in [2.45, 2.75) is 95.6 Å². The molecule has 0 aliphatic rings. The molecule has 0 aromatic rings. The van der Waals surface area contributed by atoms with Crippen molar-refractivity contribution in [1.29, 1.82) is 0 Å². The second-order valence-corrected chi connectivity index (χ2v) is 7.80. The van der Waals surface area contributed by atoms with Crippen molar-refractivity contribution in [2.75, 3.05) is 5.75 Å². The largest absolute Gasteiger partial charge is 0.481 e. The highest BCUT2D eigenvalue weighted by atomic mass is 32.2. The molecule has 0 spiro atoms. The molecule has 0 heterocycles. The molecule has 1 atom stereocenters. The van der Waals surface area contributed by atoms with E-state index in [0.29, 0.717) is 6.42 Å². The van der Waals surface area contributed by atoms with Gasteiger partial charge in [0.05, 0.1) is 5.75 Å². The molecule has 0 aliphatic heterocycles. The highest BCUT2D eigenvalue weighted by Crippen LogP contribution is 2.19. The first-order valence-electron chi connectivity index (χ1n) is 9.78. The summed E-state index contributed by atoms with van der Waals surface area (Å²) >= 11 is 1.30. The van der Waals surface area contributed by atoms with E-state index in [1.54, 1.807) is 0 Å². The molecular formula is C20H36O4S. The number of carboxylic acids is 2. The molecule has 0 saturated carbocycles. The summed E-state index contributed by atoms with van der Waals surface area (Å²) in [5, 5.41) is 17.5. The quantitative estimate of drug-likeness (QED) is 0.231. The average Bonchev–Trinajstić information content (AvgIpc) is 2.57. The highest BCUT2D eigenvalue weighted by molar-refractivity contribution is 8.00. The highest BCUT2D eigenvalue weighted by Gasteiger charge is 2.10. The number of hydrogen-bond acceptors (Lipinski definition) is 3. The lowest BCUT2D eigenvalue weighted by Gasteiger charge is -2.09. The van der Waals surface area contributed by atoms with E-state index in [9.17, 15) is 9.59 Å². The number of carbonyl (C=O) groups is 2. The number of rotatable bonds is 18. The first-order chi connectivity index (χ1) is 12.1. The van der Waals surface area contributed by atoms with Crippen LogP contribution in [0.5, 0.6) is 0 Å². The number of hydrogen-bond donors (Lipinski definition) is 2. The number of thioether (sulfide) groups is 1. The van der Waals surface area contributed by atoms with Crippen LogP contribution < -0.4 is 0 Å². The number of carboxylic acid groups (broad SMARTS) is 2. The Morgan fingerprint density at radius 2 is 1.44 bits per heavy atom. The number of unbranched alkanes of at least 4 members (excludes halogenated alkanes) is 10. The van der Waals surface area contributed by atoms with E-state index in [2.05, 4.69) is 13.0 Å². The Bertz CT molecular complexity index is 351. The van der Waals surface area contributed by atoms with Crippen LogP contribution >= 0.6 is 11.8 Å². The maximum atomic E-state index is 10.7. The van der Waals surface area contributed by atoms with Crippen molar-refractivity contribution in [3.8, 4) is 0 Å². The summed E-state index contributed by atoms with van der Waals surface area (Å²) in [5.74, 6) is -1.66. The predicted octanol–water partition coefficient (Wildman–Crippen LogP) is 5.90. The van der Waals surface area contributed by atoms with Crippen molar-refractivity contribution in [3.05, 3.63) is 12.2 Å². The molecule has 4 nitrogen and oxygen atoms in total. The van der Waals surface area contributed by atoms with Crippen LogP contribution in [-0.4, -0.2) is 33.2 Å². The molecule has 146 valence electrons. The second-order valence-electron chi connectivity index (χ2n) is 6.57. The van der Waals surface area contributed by atoms with E-state index in [-0.39, 0.29) is 17.4 Å². The summed E-state index contributed by atoms with van der Waals surface area (Å²) in [7, 11) is 0. The topological polar surface area (TPSA) is 74.6 Å². The first kappa shape index (κ1) is 24.0. The van der Waals surface area contributed by atoms with Gasteiger partial charge in [-0.25, -0.2) is 0 Å². The zero-order valence-electron chi connectivity index (χ0n) is 15.8. The standard InChI is InChI=1S/C20H36O4S/c1-2-3-4-5-6-7-8-9-10-11-12-13-14-18(15-16-19(21)22)25-17-20(23)24/h13-14,18H,2-12,15-17H2,1H3,(H,21,22)(H,23,24)/b14-13-. The Labute approximate surface area is 157 Å². The fourth-order valence-electron chi connectivity index (χ4n) is 2.68. The molecule has 5 heteroatoms. The van der Waals surface area contributed by atoms with E-state index >= 15 is 0 Å². The number of allylic oxidation sites excluding steroid dienone is 1. The van der Waals surface area contributed by atoms with Crippen molar-refractivity contribution in [2.24, 2.45) is 0 Å². The Balaban J connectivity index is 3.68. The van der Waals surface area contributed by atoms with Gasteiger partial charge in [0.25, 0.3) is 0 Å². The Morgan fingerprint density at radius 1 is 0.880 bits per heavy atom. The third kappa shape index (κ3) is 19.2. The van der Waals surface area contributed by atoms with Crippen LogP contribution in [0.2, 0.25) is 0 Å². The fourth-order valence-corrected chi connectivity index (χ4v) is 3.54. The van der Waals surface area contributed by atoms with Crippen molar-refractivity contribution in [1.82, 2.24) is 0 Å². The van der Waals surface area contributed by atoms with Gasteiger partial charge >= 0.3 is 11.9 Å². The molecule has 1 unspecified atom stereocenters. The van der Waals surface area contributed by atoms with Crippen LogP contribution in [0.25, 0.3) is 0 Å². The normalized spacial score (nSPS) is 12.5. The third-order valence-corrected chi connectivity index (χ3v) is 5.37. The van der Waals surface area contributed by atoms with Crippen LogP contribution in [0.4, 0.5) is 0 Å². The second kappa shape index (κ2) is 17.8. The molecule has 0 saturated heterocycles. The molecular weight excluding hydrogens is 336 g/mol. The smallest absolute Gasteiger partial charge is 0.313 e. The zero-order valence-corrected chi connectivity index (χ0v) is 16.6. The van der Waals surface area contributed by atoms with E-state index in [0.717, 1.165) is 12.8 Å². The monoisotopic (exact) mass is 372 g/mol. The van der Waals surface area contributed by atoms with Crippen molar-refractivity contribution < 1.29 is 19.8 Å². The molecule has 0 aromatic carbocycles. The summed E-state index contributed by atoms with van der Waals surface area (Å²) in [4.78, 5) is 21.3. The Hall–Kier alpha value is -0.970. The lowest BCUT2D eigenvalue weighted by Crippen LogP contribution is -2.08.